The van der Waals surface area contributed by atoms with Crippen LogP contribution in [0.3, 0.4) is 0 Å². The number of nitrogens with one attached hydrogen (secondary N) is 2. The third-order valence-electron chi connectivity index (χ3n) is 3.45. The van der Waals surface area contributed by atoms with Crippen molar-refractivity contribution in [3.05, 3.63) is 34.4 Å². The molecule has 0 spiro atoms. The molecule has 0 aliphatic heterocycles. The van der Waals surface area contributed by atoms with E-state index in [1.165, 1.54) is 37.1 Å². The molecule has 0 aliphatic carbocycles. The molecule has 0 fully saturated rings. The van der Waals surface area contributed by atoms with Crippen LogP contribution in [0, 0.1) is 41.5 Å². The first-order chi connectivity index (χ1) is 10.3. The molecule has 0 radical (unpaired) electrons. The zero-order chi connectivity index (χ0) is 17.1. The minimum atomic E-state index is 1.00. The highest BCUT2D eigenvalue weighted by Gasteiger charge is 1.94. The van der Waals surface area contributed by atoms with E-state index in [-0.39, 0.29) is 0 Å². The largest absolute Gasteiger partial charge is 0.346 e. The van der Waals surface area contributed by atoms with E-state index in [2.05, 4.69) is 33.8 Å². The SMILES string of the molecule is CCCCCC.Cc1nc(C)c(C)[nH]1.Cc1nc(C)c(C)[nH]1. The first-order valence-corrected chi connectivity index (χ1v) is 8.31. The fourth-order valence-corrected chi connectivity index (χ4v) is 1.95. The molecular weight excluding hydrogens is 272 g/mol. The van der Waals surface area contributed by atoms with Gasteiger partial charge in [0.2, 0.25) is 0 Å². The summed E-state index contributed by atoms with van der Waals surface area (Å²) in [6.45, 7) is 16.4. The molecule has 0 atom stereocenters. The summed E-state index contributed by atoms with van der Waals surface area (Å²) in [5, 5.41) is 0. The number of unbranched alkanes of at least 4 members (excludes halogenated alkanes) is 3. The molecule has 126 valence electrons. The summed E-state index contributed by atoms with van der Waals surface area (Å²) in [4.78, 5) is 14.5. The standard InChI is InChI=1S/2C6H10N2.C6H14/c2*1-4-5(2)8-6(3)7-4;1-3-5-6-4-2/h2*1-3H3,(H,7,8);3-6H2,1-2H3. The van der Waals surface area contributed by atoms with E-state index in [0.29, 0.717) is 0 Å². The van der Waals surface area contributed by atoms with Crippen molar-refractivity contribution in [3.63, 3.8) is 0 Å². The summed E-state index contributed by atoms with van der Waals surface area (Å²) < 4.78 is 0. The number of hydrogen-bond acceptors (Lipinski definition) is 2. The smallest absolute Gasteiger partial charge is 0.103 e. The molecule has 4 heteroatoms. The summed E-state index contributed by atoms with van der Waals surface area (Å²) in [5.41, 5.74) is 4.54. The lowest BCUT2D eigenvalue weighted by Gasteiger charge is -1.86. The van der Waals surface area contributed by atoms with Crippen molar-refractivity contribution >= 4 is 0 Å². The van der Waals surface area contributed by atoms with Crippen molar-refractivity contribution in [2.75, 3.05) is 0 Å². The highest BCUT2D eigenvalue weighted by molar-refractivity contribution is 5.09. The third kappa shape index (κ3) is 8.65. The summed E-state index contributed by atoms with van der Waals surface area (Å²) in [5.74, 6) is 2.00. The Hall–Kier alpha value is -1.58. The van der Waals surface area contributed by atoms with Gasteiger partial charge < -0.3 is 9.97 Å². The topological polar surface area (TPSA) is 57.4 Å². The molecular formula is C18H34N4. The molecule has 2 N–H and O–H groups in total. The van der Waals surface area contributed by atoms with Gasteiger partial charge in [-0.05, 0) is 41.5 Å². The Morgan fingerprint density at radius 2 is 0.955 bits per heavy atom. The summed E-state index contributed by atoms with van der Waals surface area (Å²) in [6, 6.07) is 0. The van der Waals surface area contributed by atoms with Crippen LogP contribution in [0.1, 0.15) is 74.0 Å². The van der Waals surface area contributed by atoms with Crippen molar-refractivity contribution < 1.29 is 0 Å². The molecule has 2 aromatic heterocycles. The van der Waals surface area contributed by atoms with Crippen molar-refractivity contribution in [2.45, 2.75) is 81.1 Å². The van der Waals surface area contributed by atoms with Crippen LogP contribution in [0.25, 0.3) is 0 Å². The summed E-state index contributed by atoms with van der Waals surface area (Å²) in [6.07, 6.45) is 5.54. The molecule has 0 bridgehead atoms. The number of hydrogen-bond donors (Lipinski definition) is 2. The highest BCUT2D eigenvalue weighted by atomic mass is 14.9. The van der Waals surface area contributed by atoms with Crippen LogP contribution < -0.4 is 0 Å². The van der Waals surface area contributed by atoms with Crippen molar-refractivity contribution in [1.82, 2.24) is 19.9 Å². The lowest BCUT2D eigenvalue weighted by Crippen LogP contribution is -1.71. The van der Waals surface area contributed by atoms with Crippen LogP contribution in [0.4, 0.5) is 0 Å². The van der Waals surface area contributed by atoms with Crippen molar-refractivity contribution in [3.8, 4) is 0 Å². The molecule has 0 aromatic carbocycles. The quantitative estimate of drug-likeness (QED) is 0.760. The van der Waals surface area contributed by atoms with E-state index in [1.54, 1.807) is 0 Å². The van der Waals surface area contributed by atoms with E-state index in [4.69, 9.17) is 0 Å². The predicted molar refractivity (Wildman–Crippen MR) is 95.4 cm³/mol. The normalized spacial score (nSPS) is 9.64. The Morgan fingerprint density at radius 1 is 0.636 bits per heavy atom. The molecule has 0 amide bonds. The number of nitrogens with zero attached hydrogens (tertiary/aromatic N) is 2. The van der Waals surface area contributed by atoms with Crippen LogP contribution in [-0.4, -0.2) is 19.9 Å². The van der Waals surface area contributed by atoms with Crippen molar-refractivity contribution in [1.29, 1.82) is 0 Å². The van der Waals surface area contributed by atoms with E-state index in [0.717, 1.165) is 23.0 Å². The van der Waals surface area contributed by atoms with Gasteiger partial charge in [-0.15, -0.1) is 0 Å². The van der Waals surface area contributed by atoms with Gasteiger partial charge in [0.15, 0.2) is 0 Å². The van der Waals surface area contributed by atoms with Gasteiger partial charge in [0, 0.05) is 11.4 Å². The number of imidazole rings is 2. The second-order valence-corrected chi connectivity index (χ2v) is 5.77. The Balaban J connectivity index is 0.000000306. The van der Waals surface area contributed by atoms with Gasteiger partial charge in [0.1, 0.15) is 11.6 Å². The molecule has 22 heavy (non-hydrogen) atoms. The molecule has 0 saturated heterocycles. The number of aromatic nitrogens is 4. The first-order valence-electron chi connectivity index (χ1n) is 8.31. The average Bonchev–Trinajstić information content (AvgIpc) is 2.89. The minimum absolute atomic E-state index is 1.00. The van der Waals surface area contributed by atoms with Crippen LogP contribution in [0.15, 0.2) is 0 Å². The zero-order valence-electron chi connectivity index (χ0n) is 15.7. The van der Waals surface area contributed by atoms with Crippen molar-refractivity contribution in [2.24, 2.45) is 0 Å². The van der Waals surface area contributed by atoms with E-state index in [1.807, 2.05) is 41.5 Å². The Kier molecular flexibility index (Phi) is 10.3. The van der Waals surface area contributed by atoms with Gasteiger partial charge in [0.05, 0.1) is 11.4 Å². The van der Waals surface area contributed by atoms with Gasteiger partial charge >= 0.3 is 0 Å². The van der Waals surface area contributed by atoms with Gasteiger partial charge in [0.25, 0.3) is 0 Å². The summed E-state index contributed by atoms with van der Waals surface area (Å²) >= 11 is 0. The van der Waals surface area contributed by atoms with Crippen LogP contribution >= 0.6 is 0 Å². The van der Waals surface area contributed by atoms with E-state index < -0.39 is 0 Å². The molecule has 0 saturated carbocycles. The highest BCUT2D eigenvalue weighted by Crippen LogP contribution is 2.00. The predicted octanol–water partition coefficient (Wildman–Crippen LogP) is 5.26. The van der Waals surface area contributed by atoms with E-state index >= 15 is 0 Å². The Bertz CT molecular complexity index is 436. The van der Waals surface area contributed by atoms with Gasteiger partial charge in [-0.25, -0.2) is 9.97 Å². The second-order valence-electron chi connectivity index (χ2n) is 5.77. The maximum atomic E-state index is 4.16. The van der Waals surface area contributed by atoms with Gasteiger partial charge in [-0.2, -0.15) is 0 Å². The molecule has 4 nitrogen and oxygen atoms in total. The second kappa shape index (κ2) is 11.0. The summed E-state index contributed by atoms with van der Waals surface area (Å²) in [7, 11) is 0. The van der Waals surface area contributed by atoms with Gasteiger partial charge in [-0.3, -0.25) is 0 Å². The fourth-order valence-electron chi connectivity index (χ4n) is 1.95. The minimum Gasteiger partial charge on any atom is -0.346 e. The Labute approximate surface area is 136 Å². The first kappa shape index (κ1) is 20.4. The fraction of sp³-hybridized carbons (Fsp3) is 0.667. The lowest BCUT2D eigenvalue weighted by atomic mass is 10.2. The van der Waals surface area contributed by atoms with Crippen LogP contribution in [0.2, 0.25) is 0 Å². The molecule has 2 rings (SSSR count). The Morgan fingerprint density at radius 3 is 1.05 bits per heavy atom. The van der Waals surface area contributed by atoms with Gasteiger partial charge in [-0.1, -0.05) is 39.5 Å². The molecule has 2 aromatic rings. The maximum absolute atomic E-state index is 4.16. The lowest BCUT2D eigenvalue weighted by molar-refractivity contribution is 0.702. The molecule has 2 heterocycles. The van der Waals surface area contributed by atoms with Crippen LogP contribution in [0.5, 0.6) is 0 Å². The molecule has 0 unspecified atom stereocenters. The number of aryl methyl sites for hydroxylation is 6. The number of aromatic amines is 2. The maximum Gasteiger partial charge on any atom is 0.103 e. The monoisotopic (exact) mass is 306 g/mol. The molecule has 0 aliphatic rings. The van der Waals surface area contributed by atoms with Crippen LogP contribution in [-0.2, 0) is 0 Å². The number of rotatable bonds is 3. The third-order valence-corrected chi connectivity index (χ3v) is 3.45. The zero-order valence-corrected chi connectivity index (χ0v) is 15.7. The average molecular weight is 306 g/mol. The van der Waals surface area contributed by atoms with E-state index in [9.17, 15) is 0 Å². The number of H-pyrrole nitrogens is 2.